The summed E-state index contributed by atoms with van der Waals surface area (Å²) in [4.78, 5) is 11.7. The predicted molar refractivity (Wildman–Crippen MR) is 70.3 cm³/mol. The van der Waals surface area contributed by atoms with Crippen LogP contribution in [0.4, 0.5) is 4.39 Å². The Morgan fingerprint density at radius 3 is 2.47 bits per heavy atom. The highest BCUT2D eigenvalue weighted by atomic mass is 19.1. The third-order valence-corrected chi connectivity index (χ3v) is 3.01. The summed E-state index contributed by atoms with van der Waals surface area (Å²) in [5.74, 6) is -0.949. The smallest absolute Gasteiger partial charge is 0.323 e. The van der Waals surface area contributed by atoms with Crippen LogP contribution in [0, 0.1) is 11.7 Å². The van der Waals surface area contributed by atoms with Crippen molar-refractivity contribution < 1.29 is 19.0 Å². The normalized spacial score (nSPS) is 14.2. The van der Waals surface area contributed by atoms with E-state index in [1.807, 2.05) is 13.8 Å². The van der Waals surface area contributed by atoms with Gasteiger partial charge in [0.25, 0.3) is 0 Å². The topological polar surface area (TPSA) is 58.6 Å². The zero-order valence-corrected chi connectivity index (χ0v) is 11.6. The van der Waals surface area contributed by atoms with E-state index in [0.717, 1.165) is 6.07 Å². The van der Waals surface area contributed by atoms with E-state index >= 15 is 0 Å². The van der Waals surface area contributed by atoms with Gasteiger partial charge in [-0.25, -0.2) is 4.39 Å². The third kappa shape index (κ3) is 3.92. The lowest BCUT2D eigenvalue weighted by Gasteiger charge is -2.24. The second kappa shape index (κ2) is 6.52. The Bertz CT molecular complexity index is 448. The Balaban J connectivity index is 2.87. The first-order valence-corrected chi connectivity index (χ1v) is 6.19. The van der Waals surface area contributed by atoms with Crippen LogP contribution in [-0.2, 0) is 9.53 Å². The van der Waals surface area contributed by atoms with Crippen molar-refractivity contribution in [3.63, 3.8) is 0 Å². The number of halogens is 1. The van der Waals surface area contributed by atoms with E-state index in [4.69, 9.17) is 4.74 Å². The molecule has 2 N–H and O–H groups in total. The van der Waals surface area contributed by atoms with Gasteiger partial charge in [0.2, 0.25) is 0 Å². The predicted octanol–water partition coefficient (Wildman–Crippen LogP) is 2.38. The fourth-order valence-electron chi connectivity index (χ4n) is 1.90. The van der Waals surface area contributed by atoms with Crippen molar-refractivity contribution in [2.75, 3.05) is 7.11 Å². The molecular weight excluding hydrogens is 249 g/mol. The van der Waals surface area contributed by atoms with Crippen molar-refractivity contribution in [2.24, 2.45) is 5.92 Å². The molecule has 0 bridgehead atoms. The number of phenols is 1. The van der Waals surface area contributed by atoms with Crippen molar-refractivity contribution in [1.82, 2.24) is 5.32 Å². The zero-order valence-electron chi connectivity index (χ0n) is 11.6. The van der Waals surface area contributed by atoms with E-state index in [2.05, 4.69) is 5.32 Å². The van der Waals surface area contributed by atoms with Crippen molar-refractivity contribution >= 4 is 5.97 Å². The zero-order chi connectivity index (χ0) is 14.6. The number of phenolic OH excluding ortho intramolecular Hbond substituents is 1. The molecule has 1 aromatic carbocycles. The Morgan fingerprint density at radius 2 is 2.00 bits per heavy atom. The number of benzene rings is 1. The van der Waals surface area contributed by atoms with Crippen LogP contribution in [0.2, 0.25) is 0 Å². The van der Waals surface area contributed by atoms with Gasteiger partial charge in [0.05, 0.1) is 7.11 Å². The van der Waals surface area contributed by atoms with Crippen LogP contribution in [-0.4, -0.2) is 24.2 Å². The summed E-state index contributed by atoms with van der Waals surface area (Å²) in [6.45, 7) is 5.59. The summed E-state index contributed by atoms with van der Waals surface area (Å²) in [5, 5.41) is 12.8. The SMILES string of the molecule is COC(=O)[C@@H](NC(C)c1ccc(F)cc1O)C(C)C. The van der Waals surface area contributed by atoms with Gasteiger partial charge in [-0.05, 0) is 18.9 Å². The molecule has 0 aliphatic carbocycles. The van der Waals surface area contributed by atoms with Gasteiger partial charge in [-0.15, -0.1) is 0 Å². The maximum Gasteiger partial charge on any atom is 0.323 e. The Morgan fingerprint density at radius 1 is 1.37 bits per heavy atom. The quantitative estimate of drug-likeness (QED) is 0.806. The molecule has 0 aliphatic heterocycles. The first kappa shape index (κ1) is 15.4. The molecule has 19 heavy (non-hydrogen) atoms. The van der Waals surface area contributed by atoms with Gasteiger partial charge in [0.15, 0.2) is 0 Å². The maximum atomic E-state index is 12.9. The molecule has 0 aliphatic rings. The Hall–Kier alpha value is -1.62. The van der Waals surface area contributed by atoms with Gasteiger partial charge in [-0.2, -0.15) is 0 Å². The highest BCUT2D eigenvalue weighted by Crippen LogP contribution is 2.25. The lowest BCUT2D eigenvalue weighted by molar-refractivity contribution is -0.144. The van der Waals surface area contributed by atoms with Crippen LogP contribution >= 0.6 is 0 Å². The first-order valence-electron chi connectivity index (χ1n) is 6.19. The van der Waals surface area contributed by atoms with E-state index < -0.39 is 11.9 Å². The molecule has 0 spiro atoms. The minimum Gasteiger partial charge on any atom is -0.508 e. The molecule has 106 valence electrons. The number of aromatic hydroxyl groups is 1. The minimum atomic E-state index is -0.498. The van der Waals surface area contributed by atoms with E-state index in [0.29, 0.717) is 5.56 Å². The van der Waals surface area contributed by atoms with E-state index in [1.54, 1.807) is 6.92 Å². The number of carbonyl (C=O) groups is 1. The molecule has 5 heteroatoms. The highest BCUT2D eigenvalue weighted by Gasteiger charge is 2.25. The maximum absolute atomic E-state index is 12.9. The second-order valence-electron chi connectivity index (χ2n) is 4.84. The number of rotatable bonds is 5. The summed E-state index contributed by atoms with van der Waals surface area (Å²) >= 11 is 0. The molecule has 0 saturated heterocycles. The van der Waals surface area contributed by atoms with Gasteiger partial charge >= 0.3 is 5.97 Å². The lowest BCUT2D eigenvalue weighted by atomic mass is 10.0. The molecule has 1 rings (SSSR count). The van der Waals surface area contributed by atoms with Crippen molar-refractivity contribution in [3.8, 4) is 5.75 Å². The van der Waals surface area contributed by atoms with Crippen LogP contribution < -0.4 is 5.32 Å². The molecule has 4 nitrogen and oxygen atoms in total. The molecule has 2 atom stereocenters. The number of hydrogen-bond acceptors (Lipinski definition) is 4. The number of esters is 1. The standard InChI is InChI=1S/C14H20FNO3/c1-8(2)13(14(18)19-4)16-9(3)11-6-5-10(15)7-12(11)17/h5-9,13,16-17H,1-4H3/t9?,13-/m0/s1. The molecule has 0 fully saturated rings. The third-order valence-electron chi connectivity index (χ3n) is 3.01. The van der Waals surface area contributed by atoms with Gasteiger partial charge in [-0.1, -0.05) is 19.9 Å². The summed E-state index contributed by atoms with van der Waals surface area (Å²) in [7, 11) is 1.33. The van der Waals surface area contributed by atoms with Gasteiger partial charge < -0.3 is 9.84 Å². The van der Waals surface area contributed by atoms with Gasteiger partial charge in [0.1, 0.15) is 17.6 Å². The average molecular weight is 269 g/mol. The van der Waals surface area contributed by atoms with Crippen LogP contribution in [0.3, 0.4) is 0 Å². The molecule has 0 radical (unpaired) electrons. The summed E-state index contributed by atoms with van der Waals surface area (Å²) in [5.41, 5.74) is 0.538. The largest absolute Gasteiger partial charge is 0.508 e. The highest BCUT2D eigenvalue weighted by molar-refractivity contribution is 5.76. The van der Waals surface area contributed by atoms with Crippen molar-refractivity contribution in [3.05, 3.63) is 29.6 Å². The van der Waals surface area contributed by atoms with E-state index in [9.17, 15) is 14.3 Å². The van der Waals surface area contributed by atoms with Gasteiger partial charge in [-0.3, -0.25) is 10.1 Å². The summed E-state index contributed by atoms with van der Waals surface area (Å²) in [6, 6.07) is 3.04. The first-order chi connectivity index (χ1) is 8.86. The van der Waals surface area contributed by atoms with Crippen LogP contribution in [0.15, 0.2) is 18.2 Å². The number of nitrogens with one attached hydrogen (secondary N) is 1. The minimum absolute atomic E-state index is 0.0393. The average Bonchev–Trinajstić information content (AvgIpc) is 2.34. The monoisotopic (exact) mass is 269 g/mol. The summed E-state index contributed by atoms with van der Waals surface area (Å²) < 4.78 is 17.7. The molecule has 0 amide bonds. The van der Waals surface area contributed by atoms with E-state index in [1.165, 1.54) is 19.2 Å². The van der Waals surface area contributed by atoms with Gasteiger partial charge in [0, 0.05) is 17.7 Å². The van der Waals surface area contributed by atoms with Crippen LogP contribution in [0.1, 0.15) is 32.4 Å². The fourth-order valence-corrected chi connectivity index (χ4v) is 1.90. The Kier molecular flexibility index (Phi) is 5.30. The van der Waals surface area contributed by atoms with Crippen molar-refractivity contribution in [2.45, 2.75) is 32.9 Å². The van der Waals surface area contributed by atoms with E-state index in [-0.39, 0.29) is 23.7 Å². The number of methoxy groups -OCH3 is 1. The molecule has 0 aromatic heterocycles. The van der Waals surface area contributed by atoms with Crippen LogP contribution in [0.5, 0.6) is 5.75 Å². The molecule has 1 unspecified atom stereocenters. The number of ether oxygens (including phenoxy) is 1. The Labute approximate surface area is 112 Å². The molecular formula is C14H20FNO3. The second-order valence-corrected chi connectivity index (χ2v) is 4.84. The van der Waals surface area contributed by atoms with Crippen LogP contribution in [0.25, 0.3) is 0 Å². The van der Waals surface area contributed by atoms with Crippen molar-refractivity contribution in [1.29, 1.82) is 0 Å². The number of carbonyl (C=O) groups excluding carboxylic acids is 1. The molecule has 0 saturated carbocycles. The summed E-state index contributed by atoms with van der Waals surface area (Å²) in [6.07, 6.45) is 0. The number of hydrogen-bond donors (Lipinski definition) is 2. The lowest BCUT2D eigenvalue weighted by Crippen LogP contribution is -2.42. The fraction of sp³-hybridized carbons (Fsp3) is 0.500. The molecule has 1 aromatic rings. The molecule has 0 heterocycles.